The summed E-state index contributed by atoms with van der Waals surface area (Å²) in [5.41, 5.74) is 16.9. The largest absolute Gasteiger partial charge is 0.311 e. The van der Waals surface area contributed by atoms with Crippen LogP contribution in [0.25, 0.3) is 66.1 Å². The van der Waals surface area contributed by atoms with Crippen LogP contribution in [0.15, 0.2) is 267 Å². The number of fused-ring (bicyclic) bond motifs is 2. The summed E-state index contributed by atoms with van der Waals surface area (Å²) in [5.74, 6) is 0.0932. The van der Waals surface area contributed by atoms with Gasteiger partial charge in [-0.1, -0.05) is 224 Å². The molecule has 0 heterocycles. The van der Waals surface area contributed by atoms with Gasteiger partial charge in [-0.25, -0.2) is 0 Å². The molecule has 302 valence electrons. The molecule has 0 aliphatic heterocycles. The summed E-state index contributed by atoms with van der Waals surface area (Å²) >= 11 is 0. The van der Waals surface area contributed by atoms with Gasteiger partial charge < -0.3 is 4.90 Å². The van der Waals surface area contributed by atoms with Gasteiger partial charge in [0.05, 0.1) is 0 Å². The second-order valence-corrected chi connectivity index (χ2v) is 16.4. The van der Waals surface area contributed by atoms with Crippen LogP contribution in [-0.4, -0.2) is 0 Å². The molecule has 11 aromatic rings. The molecule has 0 N–H and O–H groups in total. The van der Waals surface area contributed by atoms with Crippen LogP contribution >= 0.6 is 0 Å². The first kappa shape index (κ1) is 38.6. The molecular formula is C63H45N. The van der Waals surface area contributed by atoms with Crippen LogP contribution in [0, 0.1) is 0 Å². The van der Waals surface area contributed by atoms with E-state index in [1.165, 1.54) is 82.7 Å². The van der Waals surface area contributed by atoms with E-state index in [0.29, 0.717) is 0 Å². The Hall–Kier alpha value is -8.26. The molecule has 0 saturated carbocycles. The molecule has 0 aliphatic rings. The Kier molecular flexibility index (Phi) is 10.4. The van der Waals surface area contributed by atoms with Gasteiger partial charge in [0, 0.05) is 23.0 Å². The Balaban J connectivity index is 0.975. The predicted octanol–water partition coefficient (Wildman–Crippen LogP) is 17.3. The van der Waals surface area contributed by atoms with Crippen LogP contribution in [0.1, 0.15) is 22.6 Å². The van der Waals surface area contributed by atoms with Gasteiger partial charge in [-0.2, -0.15) is 0 Å². The fourth-order valence-electron chi connectivity index (χ4n) is 9.55. The first-order chi connectivity index (χ1) is 31.8. The number of nitrogens with zero attached hydrogens (tertiary/aromatic N) is 1. The Morgan fingerprint density at radius 2 is 0.547 bits per heavy atom. The first-order valence-electron chi connectivity index (χ1n) is 22.1. The van der Waals surface area contributed by atoms with Gasteiger partial charge in [-0.05, 0) is 125 Å². The van der Waals surface area contributed by atoms with E-state index >= 15 is 0 Å². The quantitative estimate of drug-likeness (QED) is 0.0982. The summed E-state index contributed by atoms with van der Waals surface area (Å²) in [7, 11) is 0. The molecule has 0 saturated heterocycles. The smallest absolute Gasteiger partial charge is 0.0462 e. The highest BCUT2D eigenvalue weighted by atomic mass is 15.1. The number of benzene rings is 11. The minimum absolute atomic E-state index is 0.0932. The Labute approximate surface area is 375 Å². The molecule has 1 heteroatoms. The van der Waals surface area contributed by atoms with Crippen molar-refractivity contribution < 1.29 is 0 Å². The Bertz CT molecular complexity index is 3310. The lowest BCUT2D eigenvalue weighted by atomic mass is 9.84. The van der Waals surface area contributed by atoms with Crippen LogP contribution in [0.3, 0.4) is 0 Å². The molecular weight excluding hydrogens is 771 g/mol. The topological polar surface area (TPSA) is 3.24 Å². The summed E-state index contributed by atoms with van der Waals surface area (Å²) in [6.07, 6.45) is 0. The lowest BCUT2D eigenvalue weighted by Crippen LogP contribution is -2.10. The maximum atomic E-state index is 2.40. The Morgan fingerprint density at radius 3 is 1.09 bits per heavy atom. The minimum atomic E-state index is 0.0932. The minimum Gasteiger partial charge on any atom is -0.311 e. The number of rotatable bonds is 10. The summed E-state index contributed by atoms with van der Waals surface area (Å²) in [5, 5.41) is 5.02. The van der Waals surface area contributed by atoms with Gasteiger partial charge in [-0.15, -0.1) is 0 Å². The van der Waals surface area contributed by atoms with E-state index in [1.807, 2.05) is 0 Å². The van der Waals surface area contributed by atoms with Gasteiger partial charge in [0.25, 0.3) is 0 Å². The second-order valence-electron chi connectivity index (χ2n) is 16.4. The van der Waals surface area contributed by atoms with E-state index < -0.39 is 0 Å². The van der Waals surface area contributed by atoms with Crippen LogP contribution in [0.4, 0.5) is 17.1 Å². The first-order valence-corrected chi connectivity index (χ1v) is 22.1. The van der Waals surface area contributed by atoms with Gasteiger partial charge in [0.1, 0.15) is 0 Å². The molecule has 1 nitrogen and oxygen atoms in total. The summed E-state index contributed by atoms with van der Waals surface area (Å²) in [4.78, 5) is 2.35. The molecule has 11 aromatic carbocycles. The fraction of sp³-hybridized carbons (Fsp3) is 0.0159. The monoisotopic (exact) mass is 815 g/mol. The summed E-state index contributed by atoms with van der Waals surface area (Å²) in [6.45, 7) is 0. The zero-order valence-electron chi connectivity index (χ0n) is 35.4. The molecule has 1 unspecified atom stereocenters. The van der Waals surface area contributed by atoms with Crippen LogP contribution in [0.5, 0.6) is 0 Å². The van der Waals surface area contributed by atoms with Crippen molar-refractivity contribution in [1.82, 2.24) is 0 Å². The average Bonchev–Trinajstić information content (AvgIpc) is 3.38. The van der Waals surface area contributed by atoms with Crippen molar-refractivity contribution in [2.45, 2.75) is 5.92 Å². The van der Waals surface area contributed by atoms with Crippen molar-refractivity contribution in [3.05, 3.63) is 284 Å². The van der Waals surface area contributed by atoms with Gasteiger partial charge in [0.15, 0.2) is 0 Å². The van der Waals surface area contributed by atoms with E-state index in [-0.39, 0.29) is 5.92 Å². The highest BCUT2D eigenvalue weighted by Crippen LogP contribution is 2.45. The molecule has 0 amide bonds. The van der Waals surface area contributed by atoms with Crippen molar-refractivity contribution in [3.63, 3.8) is 0 Å². The lowest BCUT2D eigenvalue weighted by Gasteiger charge is -2.27. The van der Waals surface area contributed by atoms with E-state index in [9.17, 15) is 0 Å². The van der Waals surface area contributed by atoms with Crippen LogP contribution < -0.4 is 4.90 Å². The third kappa shape index (κ3) is 7.44. The standard InChI is InChI=1S/C63H45N/c1-6-18-45(19-7-1)46-30-32-51(33-31-46)61(48-20-8-2-9-21-48)52-36-41-56(42-37-52)64(54-26-14-5-15-27-54)55-39-34-47(35-40-55)53-38-43-59-60(44-53)63(50-24-12-4-13-25-50)58-29-17-16-28-57(58)62(59)49-22-10-3-11-23-49/h1-44,61H. The van der Waals surface area contributed by atoms with Gasteiger partial charge in [0.2, 0.25) is 0 Å². The zero-order chi connectivity index (χ0) is 42.7. The summed E-state index contributed by atoms with van der Waals surface area (Å²) < 4.78 is 0. The number of para-hydroxylation sites is 1. The molecule has 0 radical (unpaired) electrons. The predicted molar refractivity (Wildman–Crippen MR) is 272 cm³/mol. The fourth-order valence-corrected chi connectivity index (χ4v) is 9.55. The molecule has 64 heavy (non-hydrogen) atoms. The second kappa shape index (κ2) is 17.2. The third-order valence-corrected chi connectivity index (χ3v) is 12.6. The maximum Gasteiger partial charge on any atom is 0.0462 e. The van der Waals surface area contributed by atoms with Crippen molar-refractivity contribution in [3.8, 4) is 44.5 Å². The van der Waals surface area contributed by atoms with Gasteiger partial charge in [-0.3, -0.25) is 0 Å². The zero-order valence-corrected chi connectivity index (χ0v) is 35.4. The van der Waals surface area contributed by atoms with Crippen molar-refractivity contribution in [2.75, 3.05) is 4.90 Å². The van der Waals surface area contributed by atoms with Crippen LogP contribution in [-0.2, 0) is 0 Å². The van der Waals surface area contributed by atoms with Crippen molar-refractivity contribution in [1.29, 1.82) is 0 Å². The van der Waals surface area contributed by atoms with E-state index in [2.05, 4.69) is 272 Å². The molecule has 11 rings (SSSR count). The van der Waals surface area contributed by atoms with Gasteiger partial charge >= 0.3 is 0 Å². The maximum absolute atomic E-state index is 2.40. The number of anilines is 3. The van der Waals surface area contributed by atoms with E-state index in [4.69, 9.17) is 0 Å². The highest BCUT2D eigenvalue weighted by Gasteiger charge is 2.20. The lowest BCUT2D eigenvalue weighted by molar-refractivity contribution is 0.977. The number of hydrogen-bond acceptors (Lipinski definition) is 1. The van der Waals surface area contributed by atoms with E-state index in [1.54, 1.807) is 0 Å². The van der Waals surface area contributed by atoms with Crippen molar-refractivity contribution >= 4 is 38.6 Å². The molecule has 0 aromatic heterocycles. The SMILES string of the molecule is c1ccc(-c2ccc(C(c3ccccc3)c3ccc(N(c4ccccc4)c4ccc(-c5ccc6c(-c7ccccc7)c7ccccc7c(-c7ccccc7)c6c5)cc4)cc3)cc2)cc1. The molecule has 1 atom stereocenters. The molecule has 0 aliphatic carbocycles. The van der Waals surface area contributed by atoms with Crippen molar-refractivity contribution in [2.24, 2.45) is 0 Å². The Morgan fingerprint density at radius 1 is 0.219 bits per heavy atom. The molecule has 0 spiro atoms. The molecule has 0 bridgehead atoms. The highest BCUT2D eigenvalue weighted by molar-refractivity contribution is 6.22. The van der Waals surface area contributed by atoms with Crippen LogP contribution in [0.2, 0.25) is 0 Å². The average molecular weight is 816 g/mol. The summed E-state index contributed by atoms with van der Waals surface area (Å²) in [6, 6.07) is 97.0. The number of hydrogen-bond donors (Lipinski definition) is 0. The third-order valence-electron chi connectivity index (χ3n) is 12.6. The molecule has 0 fully saturated rings. The normalized spacial score (nSPS) is 11.7. The van der Waals surface area contributed by atoms with E-state index in [0.717, 1.165) is 17.1 Å².